The van der Waals surface area contributed by atoms with Gasteiger partial charge in [-0.05, 0) is 44.9 Å². The van der Waals surface area contributed by atoms with Crippen LogP contribution in [0.3, 0.4) is 0 Å². The summed E-state index contributed by atoms with van der Waals surface area (Å²) in [5.41, 5.74) is 0. The van der Waals surface area contributed by atoms with Crippen LogP contribution in [0.4, 0.5) is 0 Å². The number of rotatable bonds is 10. The number of hydrogen-bond donors (Lipinski definition) is 10. The highest BCUT2D eigenvalue weighted by Crippen LogP contribution is 2.11. The number of carboxylic acid groups (broad SMARTS) is 1. The van der Waals surface area contributed by atoms with E-state index in [9.17, 15) is 48.9 Å². The van der Waals surface area contributed by atoms with Crippen molar-refractivity contribution in [3.8, 4) is 0 Å². The normalized spacial score (nSPS) is 27.6. The van der Waals surface area contributed by atoms with Gasteiger partial charge in [0.2, 0.25) is 35.4 Å². The number of nitrogens with one attached hydrogen (secondary N) is 6. The fourth-order valence-electron chi connectivity index (χ4n) is 4.52. The summed E-state index contributed by atoms with van der Waals surface area (Å²) in [6.45, 7) is 8.52. The van der Waals surface area contributed by atoms with Gasteiger partial charge in [-0.1, -0.05) is 27.7 Å². The van der Waals surface area contributed by atoms with E-state index in [1.165, 1.54) is 6.92 Å². The molecule has 45 heavy (non-hydrogen) atoms. The first kappa shape index (κ1) is 39.2. The minimum absolute atomic E-state index is 0.0937. The van der Waals surface area contributed by atoms with E-state index in [1.807, 2.05) is 0 Å². The summed E-state index contributed by atoms with van der Waals surface area (Å²) in [6.07, 6.45) is -3.98. The van der Waals surface area contributed by atoms with Crippen molar-refractivity contribution in [3.05, 3.63) is 0 Å². The molecule has 0 aromatic rings. The molecule has 0 bridgehead atoms. The molecule has 17 nitrogen and oxygen atoms in total. The average molecular weight is 645 g/mol. The lowest BCUT2D eigenvalue weighted by molar-refractivity contribution is -0.140. The molecular formula is C28H48N6O11. The lowest BCUT2D eigenvalue weighted by Crippen LogP contribution is -2.64. The first-order valence-electron chi connectivity index (χ1n) is 14.9. The number of hydrogen-bond acceptors (Lipinski definition) is 10. The van der Waals surface area contributed by atoms with Crippen LogP contribution in [0.25, 0.3) is 0 Å². The Bertz CT molecular complexity index is 1080. The van der Waals surface area contributed by atoms with Crippen molar-refractivity contribution < 1.29 is 54.0 Å². The van der Waals surface area contributed by atoms with E-state index in [-0.39, 0.29) is 24.7 Å². The Morgan fingerprint density at radius 3 is 1.31 bits per heavy atom. The molecule has 0 aliphatic carbocycles. The van der Waals surface area contributed by atoms with Crippen molar-refractivity contribution in [2.24, 2.45) is 11.8 Å². The Kier molecular flexibility index (Phi) is 15.9. The van der Waals surface area contributed by atoms with Crippen molar-refractivity contribution in [2.45, 2.75) is 116 Å². The summed E-state index contributed by atoms with van der Waals surface area (Å²) in [5, 5.41) is 53.8. The van der Waals surface area contributed by atoms with Gasteiger partial charge in [0.15, 0.2) is 0 Å². The first-order valence-corrected chi connectivity index (χ1v) is 14.9. The molecule has 0 radical (unpaired) electrons. The zero-order chi connectivity index (χ0) is 34.6. The maximum Gasteiger partial charge on any atom is 0.303 e. The Morgan fingerprint density at radius 1 is 0.578 bits per heavy atom. The predicted octanol–water partition coefficient (Wildman–Crippen LogP) is -3.38. The molecule has 0 spiro atoms. The zero-order valence-electron chi connectivity index (χ0n) is 26.5. The van der Waals surface area contributed by atoms with Crippen molar-refractivity contribution in [1.29, 1.82) is 0 Å². The highest BCUT2D eigenvalue weighted by atomic mass is 16.4. The van der Waals surface area contributed by atoms with Crippen molar-refractivity contribution in [1.82, 2.24) is 31.9 Å². The number of carbonyl (C=O) groups excluding carboxylic acids is 6. The topological polar surface area (TPSA) is 273 Å². The Morgan fingerprint density at radius 2 is 0.911 bits per heavy atom. The van der Waals surface area contributed by atoms with Crippen LogP contribution in [0.15, 0.2) is 0 Å². The maximum atomic E-state index is 13.4. The molecule has 1 aliphatic rings. The number of aliphatic carboxylic acids is 1. The van der Waals surface area contributed by atoms with Gasteiger partial charge in [0.25, 0.3) is 0 Å². The SMILES string of the molecule is CC(C)C[C@@H]1NC(=O)[C@@H](CC(C)C)NC(=O)[C@H](C(C)O)NC(=O)[C@H]([C@@H](C)O)NC(=O)[C@H](CCC(=O)O)NC(=O)[C@H](CO)NC1=O. The number of aliphatic hydroxyl groups is 3. The Balaban J connectivity index is 3.67. The van der Waals surface area contributed by atoms with Gasteiger partial charge >= 0.3 is 5.97 Å². The van der Waals surface area contributed by atoms with Crippen LogP contribution < -0.4 is 31.9 Å². The minimum Gasteiger partial charge on any atom is -0.481 e. The average Bonchev–Trinajstić information content (AvgIpc) is 2.92. The molecule has 10 N–H and O–H groups in total. The van der Waals surface area contributed by atoms with E-state index < -0.39 is 109 Å². The molecule has 1 unspecified atom stereocenters. The lowest BCUT2D eigenvalue weighted by Gasteiger charge is -2.30. The number of carbonyl (C=O) groups is 7. The molecule has 1 aliphatic heterocycles. The molecule has 256 valence electrons. The van der Waals surface area contributed by atoms with Crippen LogP contribution >= 0.6 is 0 Å². The first-order chi connectivity index (χ1) is 20.9. The second-order valence-corrected chi connectivity index (χ2v) is 12.1. The molecule has 8 atom stereocenters. The monoisotopic (exact) mass is 644 g/mol. The van der Waals surface area contributed by atoms with Crippen molar-refractivity contribution >= 4 is 41.4 Å². The Hall–Kier alpha value is -3.83. The van der Waals surface area contributed by atoms with Crippen molar-refractivity contribution in [3.63, 3.8) is 0 Å². The molecule has 1 saturated heterocycles. The van der Waals surface area contributed by atoms with E-state index in [4.69, 9.17) is 5.11 Å². The van der Waals surface area contributed by atoms with Gasteiger partial charge in [0, 0.05) is 6.42 Å². The van der Waals surface area contributed by atoms with Gasteiger partial charge in [-0.25, -0.2) is 0 Å². The van der Waals surface area contributed by atoms with Crippen LogP contribution in [-0.4, -0.2) is 117 Å². The molecule has 0 aromatic carbocycles. The molecule has 1 fully saturated rings. The summed E-state index contributed by atoms with van der Waals surface area (Å²) in [6, 6.07) is -9.08. The molecule has 0 saturated carbocycles. The third kappa shape index (κ3) is 13.0. The van der Waals surface area contributed by atoms with E-state index in [2.05, 4.69) is 31.9 Å². The van der Waals surface area contributed by atoms with Gasteiger partial charge in [-0.2, -0.15) is 0 Å². The smallest absolute Gasteiger partial charge is 0.303 e. The van der Waals surface area contributed by atoms with Gasteiger partial charge in [-0.3, -0.25) is 33.6 Å². The van der Waals surface area contributed by atoms with Crippen LogP contribution in [0.5, 0.6) is 0 Å². The van der Waals surface area contributed by atoms with Crippen LogP contribution in [0.2, 0.25) is 0 Å². The summed E-state index contributed by atoms with van der Waals surface area (Å²) in [4.78, 5) is 90.7. The predicted molar refractivity (Wildman–Crippen MR) is 158 cm³/mol. The fourth-order valence-corrected chi connectivity index (χ4v) is 4.52. The van der Waals surface area contributed by atoms with Gasteiger partial charge in [0.1, 0.15) is 36.3 Å². The van der Waals surface area contributed by atoms with E-state index in [1.54, 1.807) is 27.7 Å². The van der Waals surface area contributed by atoms with Gasteiger partial charge < -0.3 is 52.3 Å². The molecule has 6 amide bonds. The van der Waals surface area contributed by atoms with E-state index >= 15 is 0 Å². The van der Waals surface area contributed by atoms with Gasteiger partial charge in [0.05, 0.1) is 18.8 Å². The molecule has 0 aromatic heterocycles. The highest BCUT2D eigenvalue weighted by molar-refractivity contribution is 5.98. The van der Waals surface area contributed by atoms with Crippen LogP contribution in [0, 0.1) is 11.8 Å². The van der Waals surface area contributed by atoms with Crippen molar-refractivity contribution in [2.75, 3.05) is 6.61 Å². The minimum atomic E-state index is -1.74. The zero-order valence-corrected chi connectivity index (χ0v) is 26.5. The molecule has 1 heterocycles. The Labute approximate surface area is 261 Å². The summed E-state index contributed by atoms with van der Waals surface area (Å²) in [5.74, 6) is -7.43. The highest BCUT2D eigenvalue weighted by Gasteiger charge is 2.37. The van der Waals surface area contributed by atoms with E-state index in [0.717, 1.165) is 6.92 Å². The number of amides is 6. The largest absolute Gasteiger partial charge is 0.481 e. The third-order valence-electron chi connectivity index (χ3n) is 6.90. The summed E-state index contributed by atoms with van der Waals surface area (Å²) in [7, 11) is 0. The second-order valence-electron chi connectivity index (χ2n) is 12.1. The van der Waals surface area contributed by atoms with E-state index in [0.29, 0.717) is 0 Å². The third-order valence-corrected chi connectivity index (χ3v) is 6.90. The van der Waals surface area contributed by atoms with Crippen LogP contribution in [-0.2, 0) is 33.6 Å². The number of carboxylic acids is 1. The number of aliphatic hydroxyl groups excluding tert-OH is 3. The maximum absolute atomic E-state index is 13.4. The fraction of sp³-hybridized carbons (Fsp3) is 0.750. The lowest BCUT2D eigenvalue weighted by atomic mass is 9.99. The van der Waals surface area contributed by atoms with Gasteiger partial charge in [-0.15, -0.1) is 0 Å². The summed E-state index contributed by atoms with van der Waals surface area (Å²) < 4.78 is 0. The molecular weight excluding hydrogens is 596 g/mol. The molecule has 1 rings (SSSR count). The molecule has 17 heteroatoms. The quantitative estimate of drug-likeness (QED) is 0.112. The van der Waals surface area contributed by atoms with Crippen LogP contribution in [0.1, 0.15) is 67.2 Å². The summed E-state index contributed by atoms with van der Waals surface area (Å²) >= 11 is 0. The second kappa shape index (κ2) is 18.2. The standard InChI is InChI=1S/C28H48N6O11/c1-12(2)9-17-25(42)32-19(11-35)26(43)29-16(7-8-20(38)39)23(40)33-22(15(6)37)28(45)34-21(14(5)36)27(44)31-18(10-13(3)4)24(41)30-17/h12-19,21-22,35-37H,7-11H2,1-6H3,(H,29,43)(H,30,41)(H,31,44)(H,32,42)(H,33,40)(H,34,45)(H,38,39)/t14?,15-,16+,17+,18-,19+,21+,22+/m1/s1.